The van der Waals surface area contributed by atoms with E-state index in [1.54, 1.807) is 0 Å². The first kappa shape index (κ1) is 20.3. The van der Waals surface area contributed by atoms with Gasteiger partial charge in [0, 0.05) is 25.7 Å². The maximum Gasteiger partial charge on any atom is 0.327 e. The molecule has 0 rings (SSSR count). The van der Waals surface area contributed by atoms with Crippen molar-refractivity contribution in [3.8, 4) is 0 Å². The highest BCUT2D eigenvalue weighted by atomic mass is 16.5. The molecule has 0 spiro atoms. The number of ether oxygens (including phenoxy) is 1. The van der Waals surface area contributed by atoms with Gasteiger partial charge in [0.1, 0.15) is 5.54 Å². The summed E-state index contributed by atoms with van der Waals surface area (Å²) in [6.07, 6.45) is 1.08. The SMILES string of the molecule is CCCN(CCN(C)C)CC(C)(NC(C)C)C(=O)OCC. The number of rotatable bonds is 11. The van der Waals surface area contributed by atoms with E-state index in [1.807, 2.05) is 13.8 Å². The zero-order valence-corrected chi connectivity index (χ0v) is 15.0. The van der Waals surface area contributed by atoms with Crippen molar-refractivity contribution in [3.63, 3.8) is 0 Å². The average Bonchev–Trinajstić information content (AvgIpc) is 2.35. The van der Waals surface area contributed by atoms with Gasteiger partial charge in [-0.1, -0.05) is 6.92 Å². The number of esters is 1. The van der Waals surface area contributed by atoms with Crippen molar-refractivity contribution >= 4 is 5.97 Å². The van der Waals surface area contributed by atoms with Crippen LogP contribution in [0.5, 0.6) is 0 Å². The molecule has 0 bridgehead atoms. The lowest BCUT2D eigenvalue weighted by atomic mass is 10.00. The van der Waals surface area contributed by atoms with Crippen molar-refractivity contribution in [2.75, 3.05) is 46.9 Å². The third-order valence-electron chi connectivity index (χ3n) is 3.28. The predicted octanol–water partition coefficient (Wildman–Crippen LogP) is 1.58. The van der Waals surface area contributed by atoms with Crippen LogP contribution in [-0.4, -0.2) is 74.2 Å². The highest BCUT2D eigenvalue weighted by Gasteiger charge is 2.36. The summed E-state index contributed by atoms with van der Waals surface area (Å²) in [5, 5.41) is 3.39. The lowest BCUT2D eigenvalue weighted by Gasteiger charge is -2.36. The molecular formula is C16H35N3O2. The third-order valence-corrected chi connectivity index (χ3v) is 3.28. The summed E-state index contributed by atoms with van der Waals surface area (Å²) in [4.78, 5) is 16.9. The molecule has 0 saturated carbocycles. The van der Waals surface area contributed by atoms with Crippen molar-refractivity contribution in [1.29, 1.82) is 0 Å². The maximum atomic E-state index is 12.4. The van der Waals surface area contributed by atoms with Crippen molar-refractivity contribution in [2.45, 2.75) is 52.6 Å². The molecule has 0 aromatic carbocycles. The molecule has 0 saturated heterocycles. The second kappa shape index (κ2) is 10.1. The smallest absolute Gasteiger partial charge is 0.327 e. The Kier molecular flexibility index (Phi) is 9.83. The predicted molar refractivity (Wildman–Crippen MR) is 88.6 cm³/mol. The summed E-state index contributed by atoms with van der Waals surface area (Å²) in [6, 6.07) is 0.233. The molecule has 0 aromatic heterocycles. The van der Waals surface area contributed by atoms with Crippen LogP contribution in [0.1, 0.15) is 41.0 Å². The van der Waals surface area contributed by atoms with Gasteiger partial charge < -0.3 is 9.64 Å². The topological polar surface area (TPSA) is 44.8 Å². The molecule has 0 heterocycles. The second-order valence-corrected chi connectivity index (χ2v) is 6.43. The van der Waals surface area contributed by atoms with E-state index in [4.69, 9.17) is 4.74 Å². The van der Waals surface area contributed by atoms with Gasteiger partial charge in [-0.3, -0.25) is 15.0 Å². The Bertz CT molecular complexity index is 295. The van der Waals surface area contributed by atoms with E-state index < -0.39 is 5.54 Å². The van der Waals surface area contributed by atoms with Crippen molar-refractivity contribution in [2.24, 2.45) is 0 Å². The lowest BCUT2D eigenvalue weighted by Crippen LogP contribution is -2.60. The van der Waals surface area contributed by atoms with E-state index in [9.17, 15) is 4.79 Å². The largest absolute Gasteiger partial charge is 0.465 e. The van der Waals surface area contributed by atoms with Gasteiger partial charge in [0.25, 0.3) is 0 Å². The fourth-order valence-electron chi connectivity index (χ4n) is 2.47. The monoisotopic (exact) mass is 301 g/mol. The Hall–Kier alpha value is -0.650. The molecule has 0 aliphatic carbocycles. The van der Waals surface area contributed by atoms with E-state index in [0.29, 0.717) is 13.2 Å². The first-order valence-electron chi connectivity index (χ1n) is 8.07. The van der Waals surface area contributed by atoms with Crippen molar-refractivity contribution < 1.29 is 9.53 Å². The Morgan fingerprint density at radius 1 is 1.19 bits per heavy atom. The van der Waals surface area contributed by atoms with Gasteiger partial charge in [0.05, 0.1) is 6.61 Å². The fourth-order valence-corrected chi connectivity index (χ4v) is 2.47. The normalized spacial score (nSPS) is 14.8. The molecule has 5 heteroatoms. The van der Waals surface area contributed by atoms with E-state index >= 15 is 0 Å². The Morgan fingerprint density at radius 2 is 1.81 bits per heavy atom. The van der Waals surface area contributed by atoms with Crippen LogP contribution in [0.3, 0.4) is 0 Å². The quantitative estimate of drug-likeness (QED) is 0.587. The van der Waals surface area contributed by atoms with Gasteiger partial charge in [0.15, 0.2) is 0 Å². The minimum absolute atomic E-state index is 0.162. The van der Waals surface area contributed by atoms with Crippen LogP contribution in [-0.2, 0) is 9.53 Å². The van der Waals surface area contributed by atoms with E-state index in [2.05, 4.69) is 50.0 Å². The highest BCUT2D eigenvalue weighted by molar-refractivity contribution is 5.80. The van der Waals surface area contributed by atoms with E-state index in [0.717, 1.165) is 26.1 Å². The number of likely N-dealkylation sites (N-methyl/N-ethyl adjacent to an activating group) is 1. The van der Waals surface area contributed by atoms with Crippen LogP contribution in [0, 0.1) is 0 Å². The van der Waals surface area contributed by atoms with Crippen LogP contribution in [0.15, 0.2) is 0 Å². The summed E-state index contributed by atoms with van der Waals surface area (Å²) < 4.78 is 5.27. The van der Waals surface area contributed by atoms with Crippen LogP contribution in [0.25, 0.3) is 0 Å². The molecule has 0 aliphatic rings. The van der Waals surface area contributed by atoms with E-state index in [-0.39, 0.29) is 12.0 Å². The van der Waals surface area contributed by atoms with Crippen molar-refractivity contribution in [1.82, 2.24) is 15.1 Å². The number of carbonyl (C=O) groups is 1. The molecule has 0 aromatic rings. The third kappa shape index (κ3) is 8.39. The number of nitrogens with zero attached hydrogens (tertiary/aromatic N) is 2. The van der Waals surface area contributed by atoms with Gasteiger partial charge in [-0.25, -0.2) is 0 Å². The molecule has 0 radical (unpaired) electrons. The Labute approximate surface area is 131 Å². The fraction of sp³-hybridized carbons (Fsp3) is 0.938. The highest BCUT2D eigenvalue weighted by Crippen LogP contribution is 2.12. The van der Waals surface area contributed by atoms with Gasteiger partial charge in [-0.2, -0.15) is 0 Å². The summed E-state index contributed by atoms with van der Waals surface area (Å²) >= 11 is 0. The van der Waals surface area contributed by atoms with Crippen LogP contribution >= 0.6 is 0 Å². The second-order valence-electron chi connectivity index (χ2n) is 6.43. The Balaban J connectivity index is 4.89. The van der Waals surface area contributed by atoms with Gasteiger partial charge >= 0.3 is 5.97 Å². The molecule has 5 nitrogen and oxygen atoms in total. The summed E-state index contributed by atoms with van der Waals surface area (Å²) in [6.45, 7) is 14.1. The van der Waals surface area contributed by atoms with Crippen LogP contribution in [0.2, 0.25) is 0 Å². The average molecular weight is 301 g/mol. The first-order chi connectivity index (χ1) is 9.75. The zero-order valence-electron chi connectivity index (χ0n) is 15.0. The molecule has 126 valence electrons. The summed E-state index contributed by atoms with van der Waals surface area (Å²) in [5.74, 6) is -0.162. The molecule has 0 aliphatic heterocycles. The van der Waals surface area contributed by atoms with Gasteiger partial charge in [0.2, 0.25) is 0 Å². The molecule has 0 amide bonds. The summed E-state index contributed by atoms with van der Waals surface area (Å²) in [7, 11) is 4.14. The number of nitrogens with one attached hydrogen (secondary N) is 1. The Morgan fingerprint density at radius 3 is 2.24 bits per heavy atom. The van der Waals surface area contributed by atoms with Crippen LogP contribution in [0.4, 0.5) is 0 Å². The van der Waals surface area contributed by atoms with Crippen molar-refractivity contribution in [3.05, 3.63) is 0 Å². The number of carbonyl (C=O) groups excluding carboxylic acids is 1. The zero-order chi connectivity index (χ0) is 16.5. The molecule has 1 atom stereocenters. The minimum atomic E-state index is -0.661. The summed E-state index contributed by atoms with van der Waals surface area (Å²) in [5.41, 5.74) is -0.661. The number of hydrogen-bond acceptors (Lipinski definition) is 5. The molecule has 1 unspecified atom stereocenters. The molecular weight excluding hydrogens is 266 g/mol. The lowest BCUT2D eigenvalue weighted by molar-refractivity contribution is -0.151. The van der Waals surface area contributed by atoms with Gasteiger partial charge in [-0.15, -0.1) is 0 Å². The van der Waals surface area contributed by atoms with Crippen LogP contribution < -0.4 is 5.32 Å². The number of hydrogen-bond donors (Lipinski definition) is 1. The van der Waals surface area contributed by atoms with Gasteiger partial charge in [-0.05, 0) is 54.8 Å². The minimum Gasteiger partial charge on any atom is -0.465 e. The van der Waals surface area contributed by atoms with E-state index in [1.165, 1.54) is 0 Å². The molecule has 0 fully saturated rings. The molecule has 1 N–H and O–H groups in total. The maximum absolute atomic E-state index is 12.4. The first-order valence-corrected chi connectivity index (χ1v) is 8.07. The standard InChI is InChI=1S/C16H35N3O2/c1-8-10-19(12-11-18(6)7)13-16(5,17-14(3)4)15(20)21-9-2/h14,17H,8-13H2,1-7H3. The molecule has 21 heavy (non-hydrogen) atoms.